The first kappa shape index (κ1) is 13.0. The van der Waals surface area contributed by atoms with Gasteiger partial charge in [0.1, 0.15) is 5.25 Å². The van der Waals surface area contributed by atoms with E-state index in [1.54, 1.807) is 13.1 Å². The lowest BCUT2D eigenvalue weighted by atomic mass is 10.3. The summed E-state index contributed by atoms with van der Waals surface area (Å²) in [5.41, 5.74) is 0.899. The Morgan fingerprint density at radius 3 is 2.88 bits per heavy atom. The van der Waals surface area contributed by atoms with Crippen LogP contribution in [0, 0.1) is 6.92 Å². The van der Waals surface area contributed by atoms with Crippen molar-refractivity contribution in [1.29, 1.82) is 0 Å². The largest absolute Gasteiger partial charge is 0.465 e. The number of hydrogen-bond donors (Lipinski definition) is 0. The van der Waals surface area contributed by atoms with Gasteiger partial charge < -0.3 is 4.74 Å². The van der Waals surface area contributed by atoms with Crippen LogP contribution in [0.25, 0.3) is 0 Å². The van der Waals surface area contributed by atoms with E-state index in [1.807, 2.05) is 19.9 Å². The highest BCUT2D eigenvalue weighted by molar-refractivity contribution is 8.00. The Morgan fingerprint density at radius 1 is 1.56 bits per heavy atom. The predicted molar refractivity (Wildman–Crippen MR) is 63.3 cm³/mol. The van der Waals surface area contributed by atoms with Crippen molar-refractivity contribution in [2.75, 3.05) is 6.61 Å². The molecular formula is C11H16N2O2S. The number of hydrogen-bond acceptors (Lipinski definition) is 5. The molecule has 0 saturated carbocycles. The maximum atomic E-state index is 11.6. The van der Waals surface area contributed by atoms with E-state index in [2.05, 4.69) is 9.97 Å². The molecule has 1 aromatic heterocycles. The van der Waals surface area contributed by atoms with Crippen LogP contribution in [0.3, 0.4) is 0 Å². The summed E-state index contributed by atoms with van der Waals surface area (Å²) >= 11 is 1.35. The number of esters is 1. The number of carbonyl (C=O) groups is 1. The van der Waals surface area contributed by atoms with Crippen LogP contribution in [0.4, 0.5) is 0 Å². The molecule has 1 aromatic rings. The second kappa shape index (κ2) is 6.48. The minimum absolute atomic E-state index is 0.194. The van der Waals surface area contributed by atoms with Gasteiger partial charge in [0.05, 0.1) is 6.61 Å². The van der Waals surface area contributed by atoms with Gasteiger partial charge in [-0.25, -0.2) is 9.97 Å². The van der Waals surface area contributed by atoms with E-state index in [-0.39, 0.29) is 11.2 Å². The van der Waals surface area contributed by atoms with Crippen molar-refractivity contribution in [3.05, 3.63) is 18.0 Å². The Hall–Kier alpha value is -1.10. The second-order valence-corrected chi connectivity index (χ2v) is 4.42. The highest BCUT2D eigenvalue weighted by Crippen LogP contribution is 2.22. The van der Waals surface area contributed by atoms with Crippen LogP contribution < -0.4 is 0 Å². The van der Waals surface area contributed by atoms with Gasteiger partial charge >= 0.3 is 5.97 Å². The van der Waals surface area contributed by atoms with Crippen molar-refractivity contribution in [1.82, 2.24) is 9.97 Å². The van der Waals surface area contributed by atoms with Crippen LogP contribution in [-0.4, -0.2) is 27.8 Å². The molecule has 1 unspecified atom stereocenters. The fourth-order valence-corrected chi connectivity index (χ4v) is 2.05. The van der Waals surface area contributed by atoms with Crippen molar-refractivity contribution in [3.63, 3.8) is 0 Å². The Balaban J connectivity index is 2.66. The van der Waals surface area contributed by atoms with E-state index >= 15 is 0 Å². The Labute approximate surface area is 99.8 Å². The molecule has 0 aromatic carbocycles. The summed E-state index contributed by atoms with van der Waals surface area (Å²) in [6, 6.07) is 1.83. The molecule has 0 aliphatic rings. The lowest BCUT2D eigenvalue weighted by Crippen LogP contribution is -2.19. The minimum atomic E-state index is -0.221. The zero-order valence-corrected chi connectivity index (χ0v) is 10.6. The van der Waals surface area contributed by atoms with Gasteiger partial charge in [0.2, 0.25) is 0 Å². The Kier molecular flexibility index (Phi) is 5.25. The zero-order chi connectivity index (χ0) is 12.0. The number of carbonyl (C=O) groups excluding carboxylic acids is 1. The maximum absolute atomic E-state index is 11.6. The summed E-state index contributed by atoms with van der Waals surface area (Å²) in [5.74, 6) is -0.194. The summed E-state index contributed by atoms with van der Waals surface area (Å²) in [7, 11) is 0. The highest BCUT2D eigenvalue weighted by atomic mass is 32.2. The normalized spacial score (nSPS) is 12.2. The van der Waals surface area contributed by atoms with Crippen molar-refractivity contribution >= 4 is 17.7 Å². The van der Waals surface area contributed by atoms with E-state index in [9.17, 15) is 4.79 Å². The van der Waals surface area contributed by atoms with E-state index in [4.69, 9.17) is 4.74 Å². The fourth-order valence-electron chi connectivity index (χ4n) is 1.14. The van der Waals surface area contributed by atoms with Gasteiger partial charge in [0.25, 0.3) is 0 Å². The Morgan fingerprint density at radius 2 is 2.31 bits per heavy atom. The van der Waals surface area contributed by atoms with E-state index < -0.39 is 0 Å². The standard InChI is InChI=1S/C11H16N2O2S/c1-4-9(10(14)15-5-2)16-11-12-7-6-8(3)13-11/h6-7,9H,4-5H2,1-3H3. The Bertz CT molecular complexity index is 358. The molecule has 0 aliphatic heterocycles. The van der Waals surface area contributed by atoms with Crippen LogP contribution in [0.15, 0.2) is 17.4 Å². The number of ether oxygens (including phenoxy) is 1. The number of aromatic nitrogens is 2. The first-order valence-electron chi connectivity index (χ1n) is 5.30. The van der Waals surface area contributed by atoms with Gasteiger partial charge in [-0.1, -0.05) is 18.7 Å². The average Bonchev–Trinajstić information content (AvgIpc) is 2.26. The average molecular weight is 240 g/mol. The molecule has 1 atom stereocenters. The smallest absolute Gasteiger partial charge is 0.319 e. The van der Waals surface area contributed by atoms with Crippen LogP contribution in [-0.2, 0) is 9.53 Å². The fraction of sp³-hybridized carbons (Fsp3) is 0.545. The molecule has 0 saturated heterocycles. The lowest BCUT2D eigenvalue weighted by Gasteiger charge is -2.11. The zero-order valence-electron chi connectivity index (χ0n) is 9.77. The van der Waals surface area contributed by atoms with Crippen LogP contribution >= 0.6 is 11.8 Å². The molecule has 0 bridgehead atoms. The highest BCUT2D eigenvalue weighted by Gasteiger charge is 2.20. The lowest BCUT2D eigenvalue weighted by molar-refractivity contribution is -0.142. The SMILES string of the molecule is CCOC(=O)C(CC)Sc1nccc(C)n1. The predicted octanol–water partition coefficient (Wildman–Crippen LogP) is 2.22. The first-order valence-corrected chi connectivity index (χ1v) is 6.18. The molecule has 88 valence electrons. The molecule has 0 fully saturated rings. The minimum Gasteiger partial charge on any atom is -0.465 e. The number of thioether (sulfide) groups is 1. The third kappa shape index (κ3) is 3.81. The molecule has 1 heterocycles. The summed E-state index contributed by atoms with van der Waals surface area (Å²) in [5, 5.41) is 0.404. The molecule has 5 heteroatoms. The maximum Gasteiger partial charge on any atom is 0.319 e. The topological polar surface area (TPSA) is 52.1 Å². The van der Waals surface area contributed by atoms with E-state index in [0.29, 0.717) is 18.2 Å². The molecule has 0 N–H and O–H groups in total. The first-order chi connectivity index (χ1) is 7.67. The quantitative estimate of drug-likeness (QED) is 0.449. The van der Waals surface area contributed by atoms with Crippen molar-refractivity contribution in [2.45, 2.75) is 37.6 Å². The molecule has 16 heavy (non-hydrogen) atoms. The van der Waals surface area contributed by atoms with Crippen LogP contribution in [0.5, 0.6) is 0 Å². The number of rotatable bonds is 5. The van der Waals surface area contributed by atoms with Crippen molar-refractivity contribution in [2.24, 2.45) is 0 Å². The van der Waals surface area contributed by atoms with Gasteiger partial charge in [-0.2, -0.15) is 0 Å². The van der Waals surface area contributed by atoms with Gasteiger partial charge in [-0.3, -0.25) is 4.79 Å². The van der Waals surface area contributed by atoms with Gasteiger partial charge in [0, 0.05) is 11.9 Å². The molecule has 4 nitrogen and oxygen atoms in total. The summed E-state index contributed by atoms with van der Waals surface area (Å²) < 4.78 is 4.98. The van der Waals surface area contributed by atoms with Crippen LogP contribution in [0.2, 0.25) is 0 Å². The number of nitrogens with zero attached hydrogens (tertiary/aromatic N) is 2. The van der Waals surface area contributed by atoms with E-state index in [0.717, 1.165) is 5.69 Å². The summed E-state index contributed by atoms with van der Waals surface area (Å²) in [6.45, 7) is 6.06. The van der Waals surface area contributed by atoms with Crippen molar-refractivity contribution < 1.29 is 9.53 Å². The number of aryl methyl sites for hydroxylation is 1. The van der Waals surface area contributed by atoms with Crippen LogP contribution in [0.1, 0.15) is 26.0 Å². The molecular weight excluding hydrogens is 224 g/mol. The second-order valence-electron chi connectivity index (χ2n) is 3.25. The van der Waals surface area contributed by atoms with Gasteiger partial charge in [0.15, 0.2) is 5.16 Å². The molecule has 0 aliphatic carbocycles. The van der Waals surface area contributed by atoms with E-state index in [1.165, 1.54) is 11.8 Å². The molecule has 0 spiro atoms. The third-order valence-electron chi connectivity index (χ3n) is 1.94. The monoisotopic (exact) mass is 240 g/mol. The molecule has 0 amide bonds. The third-order valence-corrected chi connectivity index (χ3v) is 3.16. The van der Waals surface area contributed by atoms with Gasteiger partial charge in [-0.15, -0.1) is 0 Å². The summed E-state index contributed by atoms with van der Waals surface area (Å²) in [4.78, 5) is 19.9. The van der Waals surface area contributed by atoms with Crippen molar-refractivity contribution in [3.8, 4) is 0 Å². The summed E-state index contributed by atoms with van der Waals surface area (Å²) in [6.07, 6.45) is 2.41. The molecule has 1 rings (SSSR count). The van der Waals surface area contributed by atoms with Gasteiger partial charge in [-0.05, 0) is 26.3 Å². The molecule has 0 radical (unpaired) electrons.